The molecule has 0 saturated heterocycles. The number of hydrogen-bond acceptors (Lipinski definition) is 1. The number of halogens is 3. The first kappa shape index (κ1) is 13.4. The lowest BCUT2D eigenvalue weighted by Crippen LogP contribution is -2.04. The Labute approximate surface area is 86.6 Å². The van der Waals surface area contributed by atoms with Crippen LogP contribution in [-0.4, -0.2) is 12.4 Å². The van der Waals surface area contributed by atoms with E-state index in [2.05, 4.69) is 6.58 Å². The Bertz CT molecular complexity index is 249. The standard InChI is InChI=1S/C10H13F3S/c1-4-9(8(2)14-3)6-5-7-10(11,12)13/h4-6H,2,7H2,1,3H3/b6-5-,9-4+. The van der Waals surface area contributed by atoms with Crippen LogP contribution in [0.2, 0.25) is 0 Å². The van der Waals surface area contributed by atoms with Crippen LogP contribution in [0.3, 0.4) is 0 Å². The molecule has 0 unspecified atom stereocenters. The Morgan fingerprint density at radius 1 is 1.43 bits per heavy atom. The van der Waals surface area contributed by atoms with Crippen molar-refractivity contribution in [2.75, 3.05) is 6.26 Å². The van der Waals surface area contributed by atoms with Crippen molar-refractivity contribution in [3.05, 3.63) is 35.3 Å². The molecule has 0 aliphatic heterocycles. The van der Waals surface area contributed by atoms with Gasteiger partial charge in [-0.3, -0.25) is 0 Å². The van der Waals surface area contributed by atoms with E-state index >= 15 is 0 Å². The number of allylic oxidation sites excluding steroid dienone is 4. The molecule has 0 saturated carbocycles. The minimum absolute atomic E-state index is 0.738. The minimum atomic E-state index is -4.13. The lowest BCUT2D eigenvalue weighted by atomic mass is 10.2. The van der Waals surface area contributed by atoms with Gasteiger partial charge in [0.25, 0.3) is 0 Å². The van der Waals surface area contributed by atoms with Gasteiger partial charge >= 0.3 is 6.18 Å². The maximum Gasteiger partial charge on any atom is 0.392 e. The van der Waals surface area contributed by atoms with Crippen molar-refractivity contribution in [3.8, 4) is 0 Å². The second-order valence-electron chi connectivity index (χ2n) is 2.59. The summed E-state index contributed by atoms with van der Waals surface area (Å²) in [6, 6.07) is 0. The summed E-state index contributed by atoms with van der Waals surface area (Å²) in [5, 5.41) is 0. The van der Waals surface area contributed by atoms with Crippen molar-refractivity contribution in [2.24, 2.45) is 0 Å². The SMILES string of the molecule is C=C(SC)C(/C=C\CC(F)(F)F)=C/C. The van der Waals surface area contributed by atoms with Crippen molar-refractivity contribution in [1.29, 1.82) is 0 Å². The van der Waals surface area contributed by atoms with E-state index in [4.69, 9.17) is 0 Å². The maximum absolute atomic E-state index is 11.8. The molecule has 0 rings (SSSR count). The van der Waals surface area contributed by atoms with Crippen LogP contribution in [0.4, 0.5) is 13.2 Å². The summed E-state index contributed by atoms with van der Waals surface area (Å²) in [5.74, 6) is 0. The summed E-state index contributed by atoms with van der Waals surface area (Å²) in [5.41, 5.74) is 0.738. The molecule has 0 spiro atoms. The van der Waals surface area contributed by atoms with Crippen LogP contribution >= 0.6 is 11.8 Å². The number of hydrogen-bond donors (Lipinski definition) is 0. The summed E-state index contributed by atoms with van der Waals surface area (Å²) < 4.78 is 35.4. The Kier molecular flexibility index (Phi) is 5.69. The zero-order chi connectivity index (χ0) is 11.2. The minimum Gasteiger partial charge on any atom is -0.171 e. The molecule has 0 bridgehead atoms. The fourth-order valence-electron chi connectivity index (χ4n) is 0.788. The van der Waals surface area contributed by atoms with Gasteiger partial charge in [0.05, 0.1) is 6.42 Å². The lowest BCUT2D eigenvalue weighted by molar-refractivity contribution is -0.125. The van der Waals surface area contributed by atoms with Crippen molar-refractivity contribution in [3.63, 3.8) is 0 Å². The van der Waals surface area contributed by atoms with Gasteiger partial charge in [-0.2, -0.15) is 13.2 Å². The Morgan fingerprint density at radius 3 is 2.36 bits per heavy atom. The van der Waals surface area contributed by atoms with Crippen LogP contribution in [0.25, 0.3) is 0 Å². The summed E-state index contributed by atoms with van der Waals surface area (Å²) in [6.45, 7) is 5.49. The van der Waals surface area contributed by atoms with E-state index < -0.39 is 12.6 Å². The largest absolute Gasteiger partial charge is 0.392 e. The summed E-state index contributed by atoms with van der Waals surface area (Å²) >= 11 is 1.42. The van der Waals surface area contributed by atoms with Crippen molar-refractivity contribution in [1.82, 2.24) is 0 Å². The third kappa shape index (κ3) is 5.91. The maximum atomic E-state index is 11.8. The molecule has 0 heterocycles. The van der Waals surface area contributed by atoms with Crippen LogP contribution < -0.4 is 0 Å². The van der Waals surface area contributed by atoms with E-state index in [0.29, 0.717) is 0 Å². The highest BCUT2D eigenvalue weighted by Crippen LogP contribution is 2.23. The third-order valence-electron chi connectivity index (χ3n) is 1.53. The van der Waals surface area contributed by atoms with E-state index in [0.717, 1.165) is 16.6 Å². The first-order chi connectivity index (χ1) is 6.40. The quantitative estimate of drug-likeness (QED) is 0.638. The molecule has 0 aliphatic rings. The zero-order valence-corrected chi connectivity index (χ0v) is 9.00. The van der Waals surface area contributed by atoms with Crippen molar-refractivity contribution in [2.45, 2.75) is 19.5 Å². The monoisotopic (exact) mass is 222 g/mol. The molecule has 80 valence electrons. The molecule has 0 aromatic carbocycles. The normalized spacial score (nSPS) is 13.6. The number of rotatable bonds is 4. The van der Waals surface area contributed by atoms with Crippen LogP contribution in [0.5, 0.6) is 0 Å². The molecule has 14 heavy (non-hydrogen) atoms. The van der Waals surface area contributed by atoms with Gasteiger partial charge < -0.3 is 0 Å². The molecule has 0 aromatic heterocycles. The van der Waals surface area contributed by atoms with Gasteiger partial charge in [-0.25, -0.2) is 0 Å². The van der Waals surface area contributed by atoms with E-state index in [-0.39, 0.29) is 0 Å². The average Bonchev–Trinajstić information content (AvgIpc) is 2.09. The molecule has 0 aromatic rings. The fraction of sp³-hybridized carbons (Fsp3) is 0.400. The summed E-state index contributed by atoms with van der Waals surface area (Å²) in [6.07, 6.45) is 1.11. The first-order valence-electron chi connectivity index (χ1n) is 4.03. The van der Waals surface area contributed by atoms with E-state index in [1.165, 1.54) is 17.8 Å². The second kappa shape index (κ2) is 5.96. The molecule has 0 aliphatic carbocycles. The molecule has 0 nitrogen and oxygen atoms in total. The highest BCUT2D eigenvalue weighted by molar-refractivity contribution is 8.02. The van der Waals surface area contributed by atoms with E-state index in [1.807, 2.05) is 6.26 Å². The van der Waals surface area contributed by atoms with Crippen LogP contribution in [0, 0.1) is 0 Å². The Hall–Kier alpha value is -0.640. The molecule has 0 N–H and O–H groups in total. The summed E-state index contributed by atoms with van der Waals surface area (Å²) in [7, 11) is 0. The predicted octanol–water partition coefficient (Wildman–Crippen LogP) is 4.32. The highest BCUT2D eigenvalue weighted by atomic mass is 32.2. The Balaban J connectivity index is 4.28. The molecule has 0 radical (unpaired) electrons. The van der Waals surface area contributed by atoms with Gasteiger partial charge in [0.1, 0.15) is 0 Å². The molecular weight excluding hydrogens is 209 g/mol. The van der Waals surface area contributed by atoms with Crippen LogP contribution in [0.1, 0.15) is 13.3 Å². The van der Waals surface area contributed by atoms with E-state index in [9.17, 15) is 13.2 Å². The number of alkyl halides is 3. The second-order valence-corrected chi connectivity index (χ2v) is 3.49. The zero-order valence-electron chi connectivity index (χ0n) is 8.19. The van der Waals surface area contributed by atoms with Gasteiger partial charge in [0.2, 0.25) is 0 Å². The Morgan fingerprint density at radius 2 is 2.00 bits per heavy atom. The first-order valence-corrected chi connectivity index (χ1v) is 5.26. The van der Waals surface area contributed by atoms with Crippen molar-refractivity contribution >= 4 is 11.8 Å². The number of thioether (sulfide) groups is 1. The molecule has 0 fully saturated rings. The van der Waals surface area contributed by atoms with Gasteiger partial charge in [0.15, 0.2) is 0 Å². The van der Waals surface area contributed by atoms with Crippen LogP contribution in [-0.2, 0) is 0 Å². The van der Waals surface area contributed by atoms with Crippen molar-refractivity contribution < 1.29 is 13.2 Å². The average molecular weight is 222 g/mol. The lowest BCUT2D eigenvalue weighted by Gasteiger charge is -2.03. The molecule has 4 heteroatoms. The van der Waals surface area contributed by atoms with Gasteiger partial charge in [-0.05, 0) is 18.8 Å². The topological polar surface area (TPSA) is 0 Å². The van der Waals surface area contributed by atoms with Gasteiger partial charge in [-0.15, -0.1) is 11.8 Å². The van der Waals surface area contributed by atoms with Gasteiger partial charge in [-0.1, -0.05) is 24.8 Å². The third-order valence-corrected chi connectivity index (χ3v) is 2.25. The fourth-order valence-corrected chi connectivity index (χ4v) is 1.21. The smallest absolute Gasteiger partial charge is 0.171 e. The predicted molar refractivity (Wildman–Crippen MR) is 56.2 cm³/mol. The highest BCUT2D eigenvalue weighted by Gasteiger charge is 2.24. The van der Waals surface area contributed by atoms with E-state index in [1.54, 1.807) is 13.0 Å². The molecular formula is C10H13F3S. The molecule has 0 atom stereocenters. The summed E-state index contributed by atoms with van der Waals surface area (Å²) in [4.78, 5) is 0.769. The molecule has 0 amide bonds. The van der Waals surface area contributed by atoms with Gasteiger partial charge in [0, 0.05) is 4.91 Å². The van der Waals surface area contributed by atoms with Crippen LogP contribution in [0.15, 0.2) is 35.3 Å².